The minimum absolute atomic E-state index is 0.277. The van der Waals surface area contributed by atoms with E-state index in [1.54, 1.807) is 18.2 Å². The molecule has 3 N–H and O–H groups in total. The number of carboxylic acids is 1. The minimum atomic E-state index is -5.08. The molecule has 2 aromatic heterocycles. The maximum Gasteiger partial charge on any atom is 0.490 e. The number of methoxy groups -OCH3 is 1. The third-order valence-electron chi connectivity index (χ3n) is 6.80. The molecule has 1 fully saturated rings. The molecule has 0 unspecified atom stereocenters. The fourth-order valence-electron chi connectivity index (χ4n) is 4.82. The molecule has 1 aliphatic rings. The Hall–Kier alpha value is -4.26. The van der Waals surface area contributed by atoms with Crippen molar-refractivity contribution in [3.63, 3.8) is 0 Å². The fraction of sp³-hybridized carbons (Fsp3) is 0.379. The number of hydrogen-bond acceptors (Lipinski definition) is 7. The SMILES string of the molecule is COC(=O)c1ccc2c(c1)[nH]c1nc(Cc3cccc(F)c3)nc(NCCCN3CCCCC3)c12.O=C(O)C(F)(F)F. The summed E-state index contributed by atoms with van der Waals surface area (Å²) in [6.07, 6.45) is 0.247. The number of anilines is 1. The smallest absolute Gasteiger partial charge is 0.475 e. The van der Waals surface area contributed by atoms with Crippen molar-refractivity contribution in [1.29, 1.82) is 0 Å². The van der Waals surface area contributed by atoms with Gasteiger partial charge in [-0.1, -0.05) is 24.6 Å². The number of nitrogens with one attached hydrogen (secondary N) is 2. The molecule has 0 saturated carbocycles. The number of piperidine rings is 1. The second-order valence-electron chi connectivity index (χ2n) is 9.88. The van der Waals surface area contributed by atoms with Crippen molar-refractivity contribution >= 4 is 39.7 Å². The van der Waals surface area contributed by atoms with Crippen LogP contribution in [0, 0.1) is 5.82 Å². The van der Waals surface area contributed by atoms with Crippen LogP contribution in [0.25, 0.3) is 21.9 Å². The monoisotopic (exact) mass is 589 g/mol. The number of H-pyrrole nitrogens is 1. The summed E-state index contributed by atoms with van der Waals surface area (Å²) < 4.78 is 50.3. The Morgan fingerprint density at radius 3 is 2.50 bits per heavy atom. The van der Waals surface area contributed by atoms with Crippen LogP contribution in [0.5, 0.6) is 0 Å². The number of benzene rings is 2. The summed E-state index contributed by atoms with van der Waals surface area (Å²) >= 11 is 0. The molecule has 9 nitrogen and oxygen atoms in total. The standard InChI is InChI=1S/C27H30FN5O2.C2HF3O2/c1-35-27(34)19-9-10-21-22(17-19)30-26-24(21)25(29-11-6-14-33-12-3-2-4-13-33)31-23(32-26)16-18-7-5-8-20(28)15-18;3-2(4,5)1(6)7/h5,7-10,15,17H,2-4,6,11-14,16H2,1H3,(H2,29,30,31,32);(H,6,7). The quantitative estimate of drug-likeness (QED) is 0.139. The highest BCUT2D eigenvalue weighted by Gasteiger charge is 2.38. The molecule has 42 heavy (non-hydrogen) atoms. The second kappa shape index (κ2) is 13.6. The third kappa shape index (κ3) is 7.93. The van der Waals surface area contributed by atoms with Gasteiger partial charge in [0.1, 0.15) is 23.1 Å². The number of carboxylic acid groups (broad SMARTS) is 1. The number of rotatable bonds is 8. The van der Waals surface area contributed by atoms with E-state index in [0.717, 1.165) is 47.2 Å². The van der Waals surface area contributed by atoms with Gasteiger partial charge in [-0.25, -0.2) is 23.9 Å². The lowest BCUT2D eigenvalue weighted by Crippen LogP contribution is -2.31. The van der Waals surface area contributed by atoms with Gasteiger partial charge in [-0.15, -0.1) is 0 Å². The van der Waals surface area contributed by atoms with Gasteiger partial charge < -0.3 is 25.0 Å². The summed E-state index contributed by atoms with van der Waals surface area (Å²) in [5, 5.41) is 12.5. The van der Waals surface area contributed by atoms with Crippen molar-refractivity contribution in [3.8, 4) is 0 Å². The molecule has 0 aliphatic carbocycles. The summed E-state index contributed by atoms with van der Waals surface area (Å²) in [6.45, 7) is 4.21. The molecule has 4 aromatic rings. The summed E-state index contributed by atoms with van der Waals surface area (Å²) in [7, 11) is 1.37. The van der Waals surface area contributed by atoms with Gasteiger partial charge in [-0.2, -0.15) is 13.2 Å². The van der Waals surface area contributed by atoms with Gasteiger partial charge in [0.25, 0.3) is 0 Å². The predicted octanol–water partition coefficient (Wildman–Crippen LogP) is 5.55. The first-order valence-electron chi connectivity index (χ1n) is 13.5. The van der Waals surface area contributed by atoms with Crippen LogP contribution in [0.2, 0.25) is 0 Å². The summed E-state index contributed by atoms with van der Waals surface area (Å²) in [6, 6.07) is 11.9. The molecule has 2 aromatic carbocycles. The molecular formula is C29H31F4N5O4. The van der Waals surface area contributed by atoms with E-state index in [2.05, 4.69) is 15.2 Å². The number of alkyl halides is 3. The average Bonchev–Trinajstić information content (AvgIpc) is 3.33. The van der Waals surface area contributed by atoms with E-state index < -0.39 is 12.1 Å². The van der Waals surface area contributed by atoms with E-state index in [9.17, 15) is 22.4 Å². The average molecular weight is 590 g/mol. The normalized spacial score (nSPS) is 13.9. The van der Waals surface area contributed by atoms with E-state index in [1.807, 2.05) is 12.1 Å². The van der Waals surface area contributed by atoms with Gasteiger partial charge >= 0.3 is 18.1 Å². The van der Waals surface area contributed by atoms with Crippen LogP contribution < -0.4 is 5.32 Å². The highest BCUT2D eigenvalue weighted by molar-refractivity contribution is 6.12. The molecule has 13 heteroatoms. The highest BCUT2D eigenvalue weighted by atomic mass is 19.4. The molecule has 3 heterocycles. The molecule has 0 spiro atoms. The fourth-order valence-corrected chi connectivity index (χ4v) is 4.82. The van der Waals surface area contributed by atoms with Crippen molar-refractivity contribution in [2.75, 3.05) is 38.6 Å². The van der Waals surface area contributed by atoms with Crippen LogP contribution in [0.15, 0.2) is 42.5 Å². The largest absolute Gasteiger partial charge is 0.490 e. The van der Waals surface area contributed by atoms with Gasteiger partial charge in [-0.05, 0) is 68.7 Å². The molecule has 5 rings (SSSR count). The predicted molar refractivity (Wildman–Crippen MR) is 149 cm³/mol. The molecule has 0 atom stereocenters. The van der Waals surface area contributed by atoms with Crippen molar-refractivity contribution in [1.82, 2.24) is 19.9 Å². The number of halogens is 4. The topological polar surface area (TPSA) is 120 Å². The molecule has 0 amide bonds. The number of aromatic nitrogens is 3. The maximum atomic E-state index is 13.7. The highest BCUT2D eigenvalue weighted by Crippen LogP contribution is 2.31. The van der Waals surface area contributed by atoms with Crippen LogP contribution in [-0.4, -0.2) is 76.4 Å². The Morgan fingerprint density at radius 2 is 1.83 bits per heavy atom. The summed E-state index contributed by atoms with van der Waals surface area (Å²) in [5.41, 5.74) is 2.75. The Bertz CT molecular complexity index is 1550. The van der Waals surface area contributed by atoms with Crippen molar-refractivity contribution in [2.45, 2.75) is 38.3 Å². The number of nitrogens with zero attached hydrogens (tertiary/aromatic N) is 3. The molecule has 1 saturated heterocycles. The van der Waals surface area contributed by atoms with Crippen LogP contribution in [0.1, 0.15) is 47.4 Å². The van der Waals surface area contributed by atoms with E-state index in [1.165, 1.54) is 51.6 Å². The van der Waals surface area contributed by atoms with Crippen molar-refractivity contribution < 1.29 is 37.0 Å². The molecule has 224 valence electrons. The summed E-state index contributed by atoms with van der Waals surface area (Å²) in [5.74, 6) is -2.08. The molecule has 1 aliphatic heterocycles. The number of likely N-dealkylation sites (tertiary alicyclic amines) is 1. The zero-order valence-corrected chi connectivity index (χ0v) is 22.9. The zero-order chi connectivity index (χ0) is 30.3. The maximum absolute atomic E-state index is 13.7. The van der Waals surface area contributed by atoms with Crippen LogP contribution in [-0.2, 0) is 16.0 Å². The number of fused-ring (bicyclic) bond motifs is 3. The lowest BCUT2D eigenvalue weighted by molar-refractivity contribution is -0.192. The zero-order valence-electron chi connectivity index (χ0n) is 22.9. The molecule has 0 radical (unpaired) electrons. The Morgan fingerprint density at radius 1 is 1.10 bits per heavy atom. The second-order valence-corrected chi connectivity index (χ2v) is 9.88. The van der Waals surface area contributed by atoms with Crippen LogP contribution in [0.3, 0.4) is 0 Å². The number of carbonyl (C=O) groups excluding carboxylic acids is 1. The molecule has 0 bridgehead atoms. The van der Waals surface area contributed by atoms with Crippen molar-refractivity contribution in [3.05, 3.63) is 65.2 Å². The Balaban J connectivity index is 0.000000517. The van der Waals surface area contributed by atoms with E-state index in [4.69, 9.17) is 24.6 Å². The van der Waals surface area contributed by atoms with Crippen LogP contribution in [0.4, 0.5) is 23.4 Å². The van der Waals surface area contributed by atoms with Gasteiger partial charge in [0, 0.05) is 23.9 Å². The van der Waals surface area contributed by atoms with Gasteiger partial charge in [0.05, 0.1) is 18.1 Å². The first kappa shape index (κ1) is 30.7. The third-order valence-corrected chi connectivity index (χ3v) is 6.80. The van der Waals surface area contributed by atoms with Crippen molar-refractivity contribution in [2.24, 2.45) is 0 Å². The number of hydrogen-bond donors (Lipinski definition) is 3. The molecular weight excluding hydrogens is 558 g/mol. The van der Waals surface area contributed by atoms with Gasteiger partial charge in [0.15, 0.2) is 0 Å². The van der Waals surface area contributed by atoms with E-state index in [-0.39, 0.29) is 11.8 Å². The number of esters is 1. The first-order valence-corrected chi connectivity index (χ1v) is 13.5. The Labute approximate surface area is 238 Å². The number of ether oxygens (including phenoxy) is 1. The first-order chi connectivity index (χ1) is 20.0. The lowest BCUT2D eigenvalue weighted by Gasteiger charge is -2.26. The van der Waals surface area contributed by atoms with Gasteiger partial charge in [0.2, 0.25) is 0 Å². The Kier molecular flexibility index (Phi) is 9.94. The van der Waals surface area contributed by atoms with E-state index >= 15 is 0 Å². The van der Waals surface area contributed by atoms with Crippen LogP contribution >= 0.6 is 0 Å². The van der Waals surface area contributed by atoms with E-state index in [0.29, 0.717) is 23.5 Å². The number of aliphatic carboxylic acids is 1. The lowest BCUT2D eigenvalue weighted by atomic mass is 10.1. The van der Waals surface area contributed by atoms with Gasteiger partial charge in [-0.3, -0.25) is 0 Å². The number of carbonyl (C=O) groups is 2. The summed E-state index contributed by atoms with van der Waals surface area (Å²) in [4.78, 5) is 36.4. The number of aromatic amines is 1. The minimum Gasteiger partial charge on any atom is -0.475 e.